The molecule has 0 saturated carbocycles. The molecule has 13 heavy (non-hydrogen) atoms. The molecule has 0 aliphatic heterocycles. The number of furan rings is 1. The van der Waals surface area contributed by atoms with Gasteiger partial charge in [-0.3, -0.25) is 4.79 Å². The zero-order valence-corrected chi connectivity index (χ0v) is 7.79. The molecule has 1 rings (SSSR count). The van der Waals surface area contributed by atoms with Gasteiger partial charge in [-0.25, -0.2) is 0 Å². The van der Waals surface area contributed by atoms with Crippen molar-refractivity contribution in [3.8, 4) is 0 Å². The second-order valence-corrected chi connectivity index (χ2v) is 2.83. The summed E-state index contributed by atoms with van der Waals surface area (Å²) >= 11 is 0. The summed E-state index contributed by atoms with van der Waals surface area (Å²) in [7, 11) is 0. The van der Waals surface area contributed by atoms with Gasteiger partial charge in [-0.2, -0.15) is 0 Å². The van der Waals surface area contributed by atoms with Crippen molar-refractivity contribution in [1.82, 2.24) is 0 Å². The van der Waals surface area contributed by atoms with Crippen LogP contribution in [0.4, 0.5) is 0 Å². The lowest BCUT2D eigenvalue weighted by Crippen LogP contribution is -2.08. The summed E-state index contributed by atoms with van der Waals surface area (Å²) in [5.74, 6) is 0.435. The van der Waals surface area contributed by atoms with Crippen LogP contribution < -0.4 is 0 Å². The first kappa shape index (κ1) is 9.84. The Morgan fingerprint density at radius 3 is 3.08 bits per heavy atom. The van der Waals surface area contributed by atoms with Crippen LogP contribution in [0.1, 0.15) is 25.5 Å². The number of ether oxygens (including phenoxy) is 1. The molecule has 1 heterocycles. The van der Waals surface area contributed by atoms with Crippen molar-refractivity contribution >= 4 is 5.97 Å². The van der Waals surface area contributed by atoms with Crippen LogP contribution in [-0.4, -0.2) is 12.6 Å². The molecule has 72 valence electrons. The summed E-state index contributed by atoms with van der Waals surface area (Å²) in [5, 5.41) is 0. The number of carbonyl (C=O) groups excluding carboxylic acids is 1. The molecule has 0 unspecified atom stereocenters. The molecule has 0 aliphatic carbocycles. The average molecular weight is 182 g/mol. The van der Waals surface area contributed by atoms with Gasteiger partial charge in [0.1, 0.15) is 12.2 Å². The van der Waals surface area contributed by atoms with Gasteiger partial charge in [-0.1, -0.05) is 13.3 Å². The molecule has 0 bridgehead atoms. The fraction of sp³-hybridized carbons (Fsp3) is 0.500. The van der Waals surface area contributed by atoms with Crippen LogP contribution in [0.3, 0.4) is 0 Å². The van der Waals surface area contributed by atoms with E-state index in [-0.39, 0.29) is 12.4 Å². The molecule has 0 fully saturated rings. The molecule has 0 saturated heterocycles. The Morgan fingerprint density at radius 1 is 1.62 bits per heavy atom. The Morgan fingerprint density at radius 2 is 2.46 bits per heavy atom. The van der Waals surface area contributed by atoms with Crippen LogP contribution >= 0.6 is 0 Å². The Bertz CT molecular complexity index is 239. The first-order chi connectivity index (χ1) is 6.33. The van der Waals surface area contributed by atoms with E-state index in [1.54, 1.807) is 18.4 Å². The van der Waals surface area contributed by atoms with E-state index in [9.17, 15) is 4.79 Å². The molecule has 3 nitrogen and oxygen atoms in total. The second kappa shape index (κ2) is 5.41. The van der Waals surface area contributed by atoms with Crippen molar-refractivity contribution in [2.75, 3.05) is 6.61 Å². The standard InChI is InChI=1S/C10H14O3/c1-2-3-6-13-10(11)8-9-5-4-7-12-9/h4-5,7H,2-3,6,8H2,1H3. The zero-order valence-electron chi connectivity index (χ0n) is 7.79. The van der Waals surface area contributed by atoms with Gasteiger partial charge in [0, 0.05) is 0 Å². The molecular weight excluding hydrogens is 168 g/mol. The van der Waals surface area contributed by atoms with Gasteiger partial charge in [0.25, 0.3) is 0 Å². The van der Waals surface area contributed by atoms with Crippen molar-refractivity contribution < 1.29 is 13.9 Å². The highest BCUT2D eigenvalue weighted by Crippen LogP contribution is 2.02. The van der Waals surface area contributed by atoms with Crippen LogP contribution in [-0.2, 0) is 16.0 Å². The normalized spacial score (nSPS) is 9.92. The second-order valence-electron chi connectivity index (χ2n) is 2.83. The summed E-state index contributed by atoms with van der Waals surface area (Å²) in [6.07, 6.45) is 3.74. The molecule has 0 aliphatic rings. The molecule has 0 radical (unpaired) electrons. The minimum Gasteiger partial charge on any atom is -0.469 e. The monoisotopic (exact) mass is 182 g/mol. The average Bonchev–Trinajstić information content (AvgIpc) is 2.57. The van der Waals surface area contributed by atoms with Crippen LogP contribution in [0.2, 0.25) is 0 Å². The summed E-state index contributed by atoms with van der Waals surface area (Å²) in [6.45, 7) is 2.57. The van der Waals surface area contributed by atoms with E-state index in [1.807, 2.05) is 0 Å². The van der Waals surface area contributed by atoms with Crippen LogP contribution in [0.25, 0.3) is 0 Å². The number of hydrogen-bond donors (Lipinski definition) is 0. The van der Waals surface area contributed by atoms with Crippen molar-refractivity contribution in [1.29, 1.82) is 0 Å². The fourth-order valence-electron chi connectivity index (χ4n) is 0.937. The number of rotatable bonds is 5. The van der Waals surface area contributed by atoms with Crippen molar-refractivity contribution in [3.05, 3.63) is 24.2 Å². The third kappa shape index (κ3) is 3.78. The van der Waals surface area contributed by atoms with Gasteiger partial charge in [0.05, 0.1) is 12.9 Å². The van der Waals surface area contributed by atoms with Crippen LogP contribution in [0, 0.1) is 0 Å². The maximum Gasteiger partial charge on any atom is 0.313 e. The fourth-order valence-corrected chi connectivity index (χ4v) is 0.937. The minimum absolute atomic E-state index is 0.219. The predicted octanol–water partition coefficient (Wildman–Crippen LogP) is 2.17. The van der Waals surface area contributed by atoms with Gasteiger partial charge in [-0.15, -0.1) is 0 Å². The van der Waals surface area contributed by atoms with Crippen molar-refractivity contribution in [3.63, 3.8) is 0 Å². The van der Waals surface area contributed by atoms with Gasteiger partial charge < -0.3 is 9.15 Å². The highest BCUT2D eigenvalue weighted by Gasteiger charge is 2.05. The highest BCUT2D eigenvalue weighted by molar-refractivity contribution is 5.71. The van der Waals surface area contributed by atoms with Crippen molar-refractivity contribution in [2.24, 2.45) is 0 Å². The van der Waals surface area contributed by atoms with Gasteiger partial charge in [-0.05, 0) is 18.6 Å². The highest BCUT2D eigenvalue weighted by atomic mass is 16.5. The lowest BCUT2D eigenvalue weighted by Gasteiger charge is -2.01. The Kier molecular flexibility index (Phi) is 4.09. The van der Waals surface area contributed by atoms with Gasteiger partial charge in [0.15, 0.2) is 0 Å². The van der Waals surface area contributed by atoms with E-state index in [2.05, 4.69) is 6.92 Å². The Labute approximate surface area is 77.7 Å². The van der Waals surface area contributed by atoms with Gasteiger partial charge >= 0.3 is 5.97 Å². The van der Waals surface area contributed by atoms with E-state index in [1.165, 1.54) is 0 Å². The number of unbranched alkanes of at least 4 members (excludes halogenated alkanes) is 1. The summed E-state index contributed by atoms with van der Waals surface area (Å²) in [6, 6.07) is 3.52. The Hall–Kier alpha value is -1.25. The lowest BCUT2D eigenvalue weighted by molar-refractivity contribution is -0.143. The maximum absolute atomic E-state index is 11.1. The van der Waals surface area contributed by atoms with E-state index in [0.29, 0.717) is 12.4 Å². The molecule has 1 aromatic rings. The molecule has 0 spiro atoms. The minimum atomic E-state index is -0.219. The summed E-state index contributed by atoms with van der Waals surface area (Å²) in [5.41, 5.74) is 0. The molecule has 0 aromatic carbocycles. The molecule has 0 amide bonds. The predicted molar refractivity (Wildman–Crippen MR) is 48.3 cm³/mol. The summed E-state index contributed by atoms with van der Waals surface area (Å²) < 4.78 is 9.97. The molecule has 3 heteroatoms. The zero-order chi connectivity index (χ0) is 9.52. The molecule has 0 N–H and O–H groups in total. The maximum atomic E-state index is 11.1. The smallest absolute Gasteiger partial charge is 0.313 e. The number of carbonyl (C=O) groups is 1. The quantitative estimate of drug-likeness (QED) is 0.517. The van der Waals surface area contributed by atoms with Crippen LogP contribution in [0.5, 0.6) is 0 Å². The van der Waals surface area contributed by atoms with Crippen molar-refractivity contribution in [2.45, 2.75) is 26.2 Å². The topological polar surface area (TPSA) is 39.4 Å². The SMILES string of the molecule is CCCCOC(=O)Cc1ccco1. The first-order valence-corrected chi connectivity index (χ1v) is 4.51. The van der Waals surface area contributed by atoms with Gasteiger partial charge in [0.2, 0.25) is 0 Å². The number of hydrogen-bond acceptors (Lipinski definition) is 3. The van der Waals surface area contributed by atoms with Crippen LogP contribution in [0.15, 0.2) is 22.8 Å². The Balaban J connectivity index is 2.18. The van der Waals surface area contributed by atoms with E-state index in [4.69, 9.17) is 9.15 Å². The number of esters is 1. The summed E-state index contributed by atoms with van der Waals surface area (Å²) in [4.78, 5) is 11.1. The first-order valence-electron chi connectivity index (χ1n) is 4.51. The molecule has 0 atom stereocenters. The van der Waals surface area contributed by atoms with E-state index in [0.717, 1.165) is 12.8 Å². The lowest BCUT2D eigenvalue weighted by atomic mass is 10.3. The molecule has 1 aromatic heterocycles. The molecular formula is C10H14O3. The third-order valence-electron chi connectivity index (χ3n) is 1.66. The third-order valence-corrected chi connectivity index (χ3v) is 1.66. The largest absolute Gasteiger partial charge is 0.469 e. The van der Waals surface area contributed by atoms with E-state index < -0.39 is 0 Å². The van der Waals surface area contributed by atoms with E-state index >= 15 is 0 Å².